The first-order chi connectivity index (χ1) is 37.2. The second-order valence-electron chi connectivity index (χ2n) is 19.6. The molecule has 0 aliphatic carbocycles. The van der Waals surface area contributed by atoms with E-state index in [1.807, 2.05) is 0 Å². The first kappa shape index (κ1) is 41.4. The monoisotopic (exact) mass is 954 g/mol. The van der Waals surface area contributed by atoms with Crippen molar-refractivity contribution in [3.05, 3.63) is 255 Å². The number of fused-ring (bicyclic) bond motifs is 11. The molecule has 0 unspecified atom stereocenters. The Balaban J connectivity index is 0.931. The molecule has 0 spiro atoms. The zero-order chi connectivity index (χ0) is 49.1. The van der Waals surface area contributed by atoms with E-state index in [0.717, 1.165) is 83.1 Å². The molecule has 0 N–H and O–H groups in total. The van der Waals surface area contributed by atoms with Crippen LogP contribution in [-0.2, 0) is 0 Å². The predicted molar refractivity (Wildman–Crippen MR) is 311 cm³/mol. The maximum absolute atomic E-state index is 5.49. The number of anilines is 3. The van der Waals surface area contributed by atoms with Gasteiger partial charge in [-0.1, -0.05) is 164 Å². The SMILES string of the molecule is c1ccc(-n2c3ccccc3c3cc(-c4nc(-c5ccc6c(c5)c5ccccc5n6-c5ccccc5)nc(-c5cccc6ccc(N7c8c(ccc9ccccc89)-c8cccc9cccc7c89)cc56)n4)ccc32)cc1. The van der Waals surface area contributed by atoms with Gasteiger partial charge in [-0.15, -0.1) is 0 Å². The maximum Gasteiger partial charge on any atom is 0.164 e. The fourth-order valence-corrected chi connectivity index (χ4v) is 12.1. The van der Waals surface area contributed by atoms with E-state index in [4.69, 9.17) is 15.0 Å². The highest BCUT2D eigenvalue weighted by atomic mass is 15.2. The molecular weight excluding hydrogens is 913 g/mol. The summed E-state index contributed by atoms with van der Waals surface area (Å²) in [5.74, 6) is 1.81. The number of hydrogen-bond donors (Lipinski definition) is 0. The van der Waals surface area contributed by atoms with E-state index in [1.54, 1.807) is 0 Å². The van der Waals surface area contributed by atoms with Crippen LogP contribution in [0.15, 0.2) is 255 Å². The van der Waals surface area contributed by atoms with E-state index in [2.05, 4.69) is 269 Å². The van der Waals surface area contributed by atoms with E-state index in [0.29, 0.717) is 17.5 Å². The molecule has 75 heavy (non-hydrogen) atoms. The van der Waals surface area contributed by atoms with Crippen LogP contribution in [0.2, 0.25) is 0 Å². The highest BCUT2D eigenvalue weighted by molar-refractivity contribution is 6.19. The van der Waals surface area contributed by atoms with Gasteiger partial charge in [-0.3, -0.25) is 0 Å². The number of aromatic nitrogens is 5. The van der Waals surface area contributed by atoms with Crippen LogP contribution in [0.3, 0.4) is 0 Å². The minimum atomic E-state index is 0.605. The van der Waals surface area contributed by atoms with Crippen molar-refractivity contribution in [2.75, 3.05) is 4.90 Å². The van der Waals surface area contributed by atoms with Gasteiger partial charge in [0.05, 0.1) is 33.4 Å². The lowest BCUT2D eigenvalue weighted by Crippen LogP contribution is -2.15. The molecule has 6 heteroatoms. The molecule has 0 saturated carbocycles. The van der Waals surface area contributed by atoms with E-state index in [9.17, 15) is 0 Å². The second kappa shape index (κ2) is 16.2. The summed E-state index contributed by atoms with van der Waals surface area (Å²) in [6.45, 7) is 0. The average Bonchev–Trinajstić information content (AvgIpc) is 4.03. The number of rotatable bonds is 6. The van der Waals surface area contributed by atoms with Crippen LogP contribution in [0.25, 0.3) is 133 Å². The zero-order valence-corrected chi connectivity index (χ0v) is 40.4. The fraction of sp³-hybridized carbons (Fsp3) is 0. The standard InChI is InChI=1S/C69H42N6/c1-3-20-48(21-4-1)73-60-29-11-9-25-52(60)58-40-46(34-38-62(58)73)67-70-68(47-35-39-63-59(41-47)53-26-10-12-30-61(53)74(63)49-22-5-2-6-23-49)72-69(71-67)56-28-13-17-44-32-36-50(42-57(44)56)75-64-31-15-19-45-18-14-27-54(65(45)64)55-37-33-43-16-7-8-24-51(43)66(55)75/h1-42H. The van der Waals surface area contributed by atoms with Crippen molar-refractivity contribution in [1.29, 1.82) is 0 Å². The third-order valence-corrected chi connectivity index (χ3v) is 15.4. The molecule has 12 aromatic carbocycles. The Bertz CT molecular complexity index is 4660. The molecule has 0 radical (unpaired) electrons. The number of benzene rings is 12. The fourth-order valence-electron chi connectivity index (χ4n) is 12.1. The maximum atomic E-state index is 5.49. The minimum Gasteiger partial charge on any atom is -0.309 e. The molecule has 0 atom stereocenters. The minimum absolute atomic E-state index is 0.605. The first-order valence-corrected chi connectivity index (χ1v) is 25.5. The van der Waals surface area contributed by atoms with Crippen LogP contribution in [0.5, 0.6) is 0 Å². The topological polar surface area (TPSA) is 51.8 Å². The Morgan fingerprint density at radius 2 is 0.760 bits per heavy atom. The highest BCUT2D eigenvalue weighted by Crippen LogP contribution is 2.54. The van der Waals surface area contributed by atoms with Gasteiger partial charge in [0.15, 0.2) is 17.5 Å². The highest BCUT2D eigenvalue weighted by Gasteiger charge is 2.28. The van der Waals surface area contributed by atoms with Gasteiger partial charge < -0.3 is 14.0 Å². The molecule has 16 rings (SSSR count). The third-order valence-electron chi connectivity index (χ3n) is 15.4. The Kier molecular flexibility index (Phi) is 8.94. The van der Waals surface area contributed by atoms with Crippen molar-refractivity contribution in [3.63, 3.8) is 0 Å². The molecule has 0 fully saturated rings. The summed E-state index contributed by atoms with van der Waals surface area (Å²) in [5, 5.41) is 11.6. The number of para-hydroxylation sites is 4. The molecule has 15 aromatic rings. The molecule has 1 aliphatic rings. The molecule has 0 saturated heterocycles. The second-order valence-corrected chi connectivity index (χ2v) is 19.6. The van der Waals surface area contributed by atoms with Crippen molar-refractivity contribution in [3.8, 4) is 56.7 Å². The number of nitrogens with zero attached hydrogens (tertiary/aromatic N) is 6. The summed E-state index contributed by atoms with van der Waals surface area (Å²) in [4.78, 5) is 18.9. The van der Waals surface area contributed by atoms with Gasteiger partial charge in [0.25, 0.3) is 0 Å². The van der Waals surface area contributed by atoms with Crippen molar-refractivity contribution < 1.29 is 0 Å². The van der Waals surface area contributed by atoms with Gasteiger partial charge in [-0.25, -0.2) is 15.0 Å². The Hall–Kier alpha value is -10.2. The zero-order valence-electron chi connectivity index (χ0n) is 40.4. The van der Waals surface area contributed by atoms with Gasteiger partial charge >= 0.3 is 0 Å². The normalized spacial score (nSPS) is 12.2. The first-order valence-electron chi connectivity index (χ1n) is 25.5. The number of hydrogen-bond acceptors (Lipinski definition) is 4. The van der Waals surface area contributed by atoms with Crippen molar-refractivity contribution >= 4 is 93.0 Å². The van der Waals surface area contributed by atoms with Crippen LogP contribution in [0, 0.1) is 0 Å². The van der Waals surface area contributed by atoms with E-state index < -0.39 is 0 Å². The van der Waals surface area contributed by atoms with Crippen LogP contribution in [0.4, 0.5) is 17.1 Å². The third kappa shape index (κ3) is 6.30. The molecule has 348 valence electrons. The lowest BCUT2D eigenvalue weighted by molar-refractivity contribution is 1.08. The lowest BCUT2D eigenvalue weighted by Gasteiger charge is -2.34. The van der Waals surface area contributed by atoms with E-state index in [-0.39, 0.29) is 0 Å². The predicted octanol–water partition coefficient (Wildman–Crippen LogP) is 18.0. The molecule has 6 nitrogen and oxygen atoms in total. The Morgan fingerprint density at radius 1 is 0.267 bits per heavy atom. The van der Waals surface area contributed by atoms with Gasteiger partial charge in [-0.05, 0) is 118 Å². The van der Waals surface area contributed by atoms with Crippen molar-refractivity contribution in [2.45, 2.75) is 0 Å². The van der Waals surface area contributed by atoms with Crippen LogP contribution < -0.4 is 4.90 Å². The molecule has 1 aliphatic heterocycles. The largest absolute Gasteiger partial charge is 0.309 e. The average molecular weight is 955 g/mol. The van der Waals surface area contributed by atoms with Crippen LogP contribution >= 0.6 is 0 Å². The van der Waals surface area contributed by atoms with E-state index in [1.165, 1.54) is 49.1 Å². The van der Waals surface area contributed by atoms with Gasteiger partial charge in [0.2, 0.25) is 0 Å². The van der Waals surface area contributed by atoms with Crippen molar-refractivity contribution in [1.82, 2.24) is 24.1 Å². The molecular formula is C69H42N6. The Labute approximate surface area is 431 Å². The quantitative estimate of drug-likeness (QED) is 0.167. The van der Waals surface area contributed by atoms with Crippen LogP contribution in [0.1, 0.15) is 0 Å². The molecule has 4 heterocycles. The summed E-state index contributed by atoms with van der Waals surface area (Å²) in [6, 6.07) is 91.7. The van der Waals surface area contributed by atoms with Crippen molar-refractivity contribution in [2.24, 2.45) is 0 Å². The summed E-state index contributed by atoms with van der Waals surface area (Å²) < 4.78 is 4.69. The molecule has 0 amide bonds. The summed E-state index contributed by atoms with van der Waals surface area (Å²) in [5.41, 5.74) is 15.4. The van der Waals surface area contributed by atoms with Gasteiger partial charge in [0.1, 0.15) is 0 Å². The van der Waals surface area contributed by atoms with Crippen LogP contribution in [-0.4, -0.2) is 24.1 Å². The summed E-state index contributed by atoms with van der Waals surface area (Å²) in [7, 11) is 0. The van der Waals surface area contributed by atoms with E-state index >= 15 is 0 Å². The molecule has 3 aromatic heterocycles. The van der Waals surface area contributed by atoms with Gasteiger partial charge in [-0.2, -0.15) is 0 Å². The smallest absolute Gasteiger partial charge is 0.164 e. The Morgan fingerprint density at radius 3 is 1.41 bits per heavy atom. The lowest BCUT2D eigenvalue weighted by atomic mass is 9.88. The summed E-state index contributed by atoms with van der Waals surface area (Å²) >= 11 is 0. The molecule has 0 bridgehead atoms. The van der Waals surface area contributed by atoms with Gasteiger partial charge in [0, 0.05) is 71.6 Å². The summed E-state index contributed by atoms with van der Waals surface area (Å²) in [6.07, 6.45) is 0.